The highest BCUT2D eigenvalue weighted by atomic mass is 16.5. The van der Waals surface area contributed by atoms with Gasteiger partial charge in [-0.05, 0) is 50.5 Å². The van der Waals surface area contributed by atoms with Crippen molar-refractivity contribution in [1.82, 2.24) is 10.9 Å². The van der Waals surface area contributed by atoms with Crippen LogP contribution in [0.15, 0.2) is 42.5 Å². The average Bonchev–Trinajstić information content (AvgIpc) is 2.61. The van der Waals surface area contributed by atoms with Crippen molar-refractivity contribution in [3.05, 3.63) is 59.2 Å². The van der Waals surface area contributed by atoms with Crippen LogP contribution < -0.4 is 20.3 Å². The molecule has 0 saturated carbocycles. The Morgan fingerprint density at radius 1 is 0.923 bits per heavy atom. The second-order valence-electron chi connectivity index (χ2n) is 6.07. The highest BCUT2D eigenvalue weighted by molar-refractivity contribution is 5.85. The smallest absolute Gasteiger partial charge is 0.279 e. The van der Waals surface area contributed by atoms with Gasteiger partial charge in [0, 0.05) is 0 Å². The predicted molar refractivity (Wildman–Crippen MR) is 99.0 cm³/mol. The molecule has 138 valence electrons. The van der Waals surface area contributed by atoms with Crippen LogP contribution in [0.4, 0.5) is 0 Å². The number of rotatable bonds is 6. The summed E-state index contributed by atoms with van der Waals surface area (Å²) in [4.78, 5) is 23.9. The number of carbonyl (C=O) groups is 2. The lowest BCUT2D eigenvalue weighted by atomic mass is 10.1. The molecule has 6 heteroatoms. The minimum atomic E-state index is -0.754. The quantitative estimate of drug-likeness (QED) is 0.780. The molecule has 2 rings (SSSR count). The third-order valence-electron chi connectivity index (χ3n) is 3.85. The maximum atomic E-state index is 12.1. The lowest BCUT2D eigenvalue weighted by Crippen LogP contribution is -2.48. The van der Waals surface area contributed by atoms with Crippen LogP contribution in [-0.4, -0.2) is 24.5 Å². The van der Waals surface area contributed by atoms with Crippen molar-refractivity contribution in [3.8, 4) is 11.5 Å². The van der Waals surface area contributed by atoms with Crippen LogP contribution in [0.3, 0.4) is 0 Å². The van der Waals surface area contributed by atoms with Crippen molar-refractivity contribution in [2.24, 2.45) is 0 Å². The van der Waals surface area contributed by atoms with E-state index in [4.69, 9.17) is 9.47 Å². The first kappa shape index (κ1) is 19.3. The summed E-state index contributed by atoms with van der Waals surface area (Å²) < 4.78 is 11.1. The normalized spacial score (nSPS) is 11.4. The van der Waals surface area contributed by atoms with Gasteiger partial charge in [0.1, 0.15) is 11.5 Å². The van der Waals surface area contributed by atoms with Crippen LogP contribution in [0.1, 0.15) is 23.6 Å². The predicted octanol–water partition coefficient (Wildman–Crippen LogP) is 2.61. The zero-order chi connectivity index (χ0) is 19.1. The number of amides is 2. The molecular weight excluding hydrogens is 332 g/mol. The number of hydrazine groups is 1. The van der Waals surface area contributed by atoms with Gasteiger partial charge in [0.2, 0.25) is 0 Å². The van der Waals surface area contributed by atoms with E-state index >= 15 is 0 Å². The Labute approximate surface area is 153 Å². The van der Waals surface area contributed by atoms with Crippen molar-refractivity contribution in [2.75, 3.05) is 6.61 Å². The summed E-state index contributed by atoms with van der Waals surface area (Å²) in [6, 6.07) is 13.2. The molecule has 26 heavy (non-hydrogen) atoms. The Morgan fingerprint density at radius 3 is 2.19 bits per heavy atom. The van der Waals surface area contributed by atoms with Gasteiger partial charge in [0.15, 0.2) is 12.7 Å². The van der Waals surface area contributed by atoms with E-state index in [1.54, 1.807) is 13.0 Å². The van der Waals surface area contributed by atoms with E-state index in [0.717, 1.165) is 16.7 Å². The number of benzene rings is 2. The number of hydrogen-bond acceptors (Lipinski definition) is 4. The van der Waals surface area contributed by atoms with Gasteiger partial charge in [-0.25, -0.2) is 0 Å². The lowest BCUT2D eigenvalue weighted by Gasteiger charge is -2.17. The second kappa shape index (κ2) is 8.89. The van der Waals surface area contributed by atoms with Crippen molar-refractivity contribution >= 4 is 11.8 Å². The molecule has 2 amide bonds. The molecule has 0 spiro atoms. The fourth-order valence-corrected chi connectivity index (χ4v) is 2.37. The first-order valence-electron chi connectivity index (χ1n) is 8.38. The molecule has 0 bridgehead atoms. The molecule has 0 aliphatic heterocycles. The third-order valence-corrected chi connectivity index (χ3v) is 3.85. The molecule has 1 atom stereocenters. The van der Waals surface area contributed by atoms with Crippen LogP contribution >= 0.6 is 0 Å². The van der Waals surface area contributed by atoms with E-state index in [1.807, 2.05) is 57.2 Å². The highest BCUT2D eigenvalue weighted by Crippen LogP contribution is 2.22. The van der Waals surface area contributed by atoms with E-state index in [0.29, 0.717) is 11.5 Å². The van der Waals surface area contributed by atoms with E-state index < -0.39 is 17.9 Å². The SMILES string of the molecule is Cc1ccccc1OC(C)C(=O)NNC(=O)COc1c(C)cccc1C. The lowest BCUT2D eigenvalue weighted by molar-refractivity contribution is -0.133. The van der Waals surface area contributed by atoms with Crippen molar-refractivity contribution < 1.29 is 19.1 Å². The first-order valence-corrected chi connectivity index (χ1v) is 8.38. The molecule has 2 N–H and O–H groups in total. The Bertz CT molecular complexity index is 769. The van der Waals surface area contributed by atoms with Crippen molar-refractivity contribution in [3.63, 3.8) is 0 Å². The molecular formula is C20H24N2O4. The number of para-hydroxylation sites is 2. The summed E-state index contributed by atoms with van der Waals surface area (Å²) in [7, 11) is 0. The Hall–Kier alpha value is -3.02. The van der Waals surface area contributed by atoms with Gasteiger partial charge in [-0.3, -0.25) is 20.4 Å². The first-order chi connectivity index (χ1) is 12.4. The van der Waals surface area contributed by atoms with Crippen LogP contribution in [0, 0.1) is 20.8 Å². The van der Waals surface area contributed by atoms with E-state index in [1.165, 1.54) is 0 Å². The second-order valence-corrected chi connectivity index (χ2v) is 6.07. The van der Waals surface area contributed by atoms with E-state index in [-0.39, 0.29) is 6.61 Å². The molecule has 2 aromatic carbocycles. The molecule has 0 aliphatic rings. The summed E-state index contributed by atoms with van der Waals surface area (Å²) in [6.07, 6.45) is -0.754. The molecule has 0 aromatic heterocycles. The highest BCUT2D eigenvalue weighted by Gasteiger charge is 2.16. The van der Waals surface area contributed by atoms with Crippen LogP contribution in [0.25, 0.3) is 0 Å². The Kier molecular flexibility index (Phi) is 6.60. The van der Waals surface area contributed by atoms with Crippen LogP contribution in [0.2, 0.25) is 0 Å². The topological polar surface area (TPSA) is 76.7 Å². The Balaban J connectivity index is 1.79. The zero-order valence-corrected chi connectivity index (χ0v) is 15.5. The van der Waals surface area contributed by atoms with Gasteiger partial charge in [-0.15, -0.1) is 0 Å². The molecule has 0 aliphatic carbocycles. The fourth-order valence-electron chi connectivity index (χ4n) is 2.37. The van der Waals surface area contributed by atoms with Gasteiger partial charge in [-0.1, -0.05) is 36.4 Å². The monoisotopic (exact) mass is 356 g/mol. The third kappa shape index (κ3) is 5.24. The van der Waals surface area contributed by atoms with Crippen molar-refractivity contribution in [2.45, 2.75) is 33.8 Å². The van der Waals surface area contributed by atoms with Crippen LogP contribution in [0.5, 0.6) is 11.5 Å². The number of aryl methyl sites for hydroxylation is 3. The average molecular weight is 356 g/mol. The van der Waals surface area contributed by atoms with Gasteiger partial charge in [0.25, 0.3) is 11.8 Å². The Morgan fingerprint density at radius 2 is 1.54 bits per heavy atom. The molecule has 0 radical (unpaired) electrons. The van der Waals surface area contributed by atoms with E-state index in [9.17, 15) is 9.59 Å². The maximum absolute atomic E-state index is 12.1. The van der Waals surface area contributed by atoms with Gasteiger partial charge in [-0.2, -0.15) is 0 Å². The zero-order valence-electron chi connectivity index (χ0n) is 15.5. The van der Waals surface area contributed by atoms with Crippen molar-refractivity contribution in [1.29, 1.82) is 0 Å². The standard InChI is InChI=1S/C20H24N2O4/c1-13-8-5-6-11-17(13)26-16(4)20(24)22-21-18(23)12-25-19-14(2)9-7-10-15(19)3/h5-11,16H,12H2,1-4H3,(H,21,23)(H,22,24). The summed E-state index contributed by atoms with van der Waals surface area (Å²) in [5.74, 6) is 0.392. The number of hydrogen-bond donors (Lipinski definition) is 2. The minimum Gasteiger partial charge on any atom is -0.483 e. The maximum Gasteiger partial charge on any atom is 0.279 e. The largest absolute Gasteiger partial charge is 0.483 e. The summed E-state index contributed by atoms with van der Waals surface area (Å²) in [5.41, 5.74) is 7.49. The molecule has 6 nitrogen and oxygen atoms in total. The number of ether oxygens (including phenoxy) is 2. The molecule has 0 saturated heterocycles. The summed E-state index contributed by atoms with van der Waals surface area (Å²) in [6.45, 7) is 7.13. The number of nitrogens with one attached hydrogen (secondary N) is 2. The molecule has 0 fully saturated rings. The molecule has 2 aromatic rings. The summed E-state index contributed by atoms with van der Waals surface area (Å²) in [5, 5.41) is 0. The van der Waals surface area contributed by atoms with Gasteiger partial charge in [0.05, 0.1) is 0 Å². The molecule has 1 unspecified atom stereocenters. The fraction of sp³-hybridized carbons (Fsp3) is 0.300. The van der Waals surface area contributed by atoms with Crippen LogP contribution in [-0.2, 0) is 9.59 Å². The minimum absolute atomic E-state index is 0.195. The molecule has 0 heterocycles. The summed E-state index contributed by atoms with van der Waals surface area (Å²) >= 11 is 0. The number of carbonyl (C=O) groups excluding carboxylic acids is 2. The van der Waals surface area contributed by atoms with Gasteiger partial charge >= 0.3 is 0 Å². The van der Waals surface area contributed by atoms with E-state index in [2.05, 4.69) is 10.9 Å². The van der Waals surface area contributed by atoms with Gasteiger partial charge < -0.3 is 9.47 Å².